The number of nitrogens with one attached hydrogen (secondary N) is 10. The summed E-state index contributed by atoms with van der Waals surface area (Å²) >= 11 is 0. The molecular formula is C36H67N13O6. The number of carbonyl (C=O) groups excluding carboxylic acids is 6. The van der Waals surface area contributed by atoms with E-state index in [1.54, 1.807) is 0 Å². The third-order valence-corrected chi connectivity index (χ3v) is 8.17. The number of nitrogens with two attached hydrogens (primary N) is 3. The van der Waals surface area contributed by atoms with Crippen LogP contribution in [0.3, 0.4) is 0 Å². The molecule has 0 aromatic heterocycles. The third kappa shape index (κ3) is 24.8. The monoisotopic (exact) mass is 778 g/mol. The smallest absolute Gasteiger partial charge is 0.315 e. The largest absolute Gasteiger partial charge is 0.352 e. The predicted molar refractivity (Wildman–Crippen MR) is 213 cm³/mol. The first-order chi connectivity index (χ1) is 26.1. The number of hydrogen-bond acceptors (Lipinski definition) is 8. The molecule has 55 heavy (non-hydrogen) atoms. The van der Waals surface area contributed by atoms with Gasteiger partial charge in [0, 0.05) is 63.8 Å². The summed E-state index contributed by atoms with van der Waals surface area (Å²) in [4.78, 5) is 74.1. The highest BCUT2D eigenvalue weighted by Gasteiger charge is 2.21. The average molecular weight is 778 g/mol. The van der Waals surface area contributed by atoms with Gasteiger partial charge >= 0.3 is 30.2 Å². The molecule has 19 heteroatoms. The van der Waals surface area contributed by atoms with Crippen LogP contribution in [0.4, 0.5) is 24.0 Å². The third-order valence-electron chi connectivity index (χ3n) is 8.17. The Morgan fingerprint density at radius 2 is 0.891 bits per heavy atom. The summed E-state index contributed by atoms with van der Waals surface area (Å²) in [6, 6.07) is 4.97. The molecule has 0 unspecified atom stereocenters. The van der Waals surface area contributed by atoms with E-state index in [0.717, 1.165) is 5.56 Å². The van der Waals surface area contributed by atoms with E-state index < -0.39 is 48.3 Å². The number of urea groups is 5. The molecule has 312 valence electrons. The van der Waals surface area contributed by atoms with Gasteiger partial charge in [-0.3, -0.25) is 4.79 Å². The molecule has 11 amide bonds. The van der Waals surface area contributed by atoms with Crippen LogP contribution < -0.4 is 70.4 Å². The first-order valence-electron chi connectivity index (χ1n) is 19.0. The zero-order valence-electron chi connectivity index (χ0n) is 33.1. The Bertz CT molecular complexity index is 1300. The normalized spacial score (nSPS) is 13.6. The van der Waals surface area contributed by atoms with Crippen molar-refractivity contribution in [3.05, 3.63) is 35.9 Å². The molecule has 0 heterocycles. The Labute approximate surface area is 325 Å². The molecule has 1 aromatic rings. The minimum atomic E-state index is -0.677. The summed E-state index contributed by atoms with van der Waals surface area (Å²) < 4.78 is 0. The number of benzene rings is 1. The molecule has 0 bridgehead atoms. The molecule has 1 rings (SSSR count). The van der Waals surface area contributed by atoms with Gasteiger partial charge in [-0.2, -0.15) is 0 Å². The molecule has 5 atom stereocenters. The second-order valence-electron chi connectivity index (χ2n) is 14.5. The summed E-state index contributed by atoms with van der Waals surface area (Å²) in [7, 11) is 0. The van der Waals surface area contributed by atoms with Crippen molar-refractivity contribution in [2.75, 3.05) is 45.8 Å². The molecule has 0 aliphatic carbocycles. The fourth-order valence-corrected chi connectivity index (χ4v) is 5.77. The fraction of sp³-hybridized carbons (Fsp3) is 0.667. The zero-order chi connectivity index (χ0) is 41.2. The molecule has 0 saturated carbocycles. The molecule has 16 N–H and O–H groups in total. The molecule has 0 spiro atoms. The minimum absolute atomic E-state index is 0.0772. The predicted octanol–water partition coefficient (Wildman–Crippen LogP) is -0.137. The molecule has 0 saturated heterocycles. The standard InChI is InChI=1S/C36H67N13O6/c1-23(2)15-29(20-40-32(39)51)48-36(55)43-21-30(16-24(3)4)49-35(54)42-19-28(12-14-38)46-33(52)41-18-27(11-13-37)47-34(53)44-22-31(45-25(5)50)17-26-9-7-6-8-10-26/h6-10,23-24,27-31H,11-22,37-38H2,1-5H3,(H,45,50)(H3,39,40,51)(H2,41,46,52)(H2,42,49,54)(H2,43,48,55)(H2,44,47,53)/t27-,28-,29-,30-,31-/m0/s1. The molecule has 1 aromatic carbocycles. The quantitative estimate of drug-likeness (QED) is 0.0633. The van der Waals surface area contributed by atoms with Gasteiger partial charge in [0.2, 0.25) is 5.91 Å². The van der Waals surface area contributed by atoms with E-state index in [0.29, 0.717) is 32.1 Å². The zero-order valence-corrected chi connectivity index (χ0v) is 33.1. The van der Waals surface area contributed by atoms with Gasteiger partial charge < -0.3 is 70.4 Å². The molecule has 0 radical (unpaired) electrons. The SMILES string of the molecule is CC(=O)N[C@H](CNC(=O)N[C@@H](CCN)CNC(=O)N[C@@H](CCN)CNC(=O)N[C@H](CNC(=O)N[C@H](CNC(N)=O)CC(C)C)CC(C)C)Cc1ccccc1. The maximum atomic E-state index is 12.9. The van der Waals surface area contributed by atoms with Crippen molar-refractivity contribution in [1.29, 1.82) is 0 Å². The van der Waals surface area contributed by atoms with Crippen LogP contribution in [0.1, 0.15) is 65.9 Å². The van der Waals surface area contributed by atoms with Crippen LogP contribution in [0.25, 0.3) is 0 Å². The summed E-state index contributed by atoms with van der Waals surface area (Å²) in [5.41, 5.74) is 17.7. The van der Waals surface area contributed by atoms with E-state index in [1.165, 1.54) is 6.92 Å². The van der Waals surface area contributed by atoms with Gasteiger partial charge in [-0.05, 0) is 62.6 Å². The summed E-state index contributed by atoms with van der Waals surface area (Å²) in [6.45, 7) is 10.6. The first kappa shape index (κ1) is 48.0. The van der Waals surface area contributed by atoms with Gasteiger partial charge in [-0.25, -0.2) is 24.0 Å². The first-order valence-corrected chi connectivity index (χ1v) is 19.0. The Morgan fingerprint density at radius 3 is 1.25 bits per heavy atom. The molecule has 0 fully saturated rings. The number of rotatable bonds is 25. The number of hydrogen-bond donors (Lipinski definition) is 13. The van der Waals surface area contributed by atoms with E-state index in [1.807, 2.05) is 58.0 Å². The highest BCUT2D eigenvalue weighted by Crippen LogP contribution is 2.06. The molecular weight excluding hydrogens is 710 g/mol. The number of primary amides is 1. The minimum Gasteiger partial charge on any atom is -0.352 e. The van der Waals surface area contributed by atoms with Crippen LogP contribution in [0, 0.1) is 11.8 Å². The second kappa shape index (κ2) is 27.5. The second-order valence-corrected chi connectivity index (χ2v) is 14.5. The van der Waals surface area contributed by atoms with Crippen LogP contribution in [-0.2, 0) is 11.2 Å². The Hall–Kier alpha value is -5.04. The maximum Gasteiger partial charge on any atom is 0.315 e. The lowest BCUT2D eigenvalue weighted by molar-refractivity contribution is -0.119. The summed E-state index contributed by atoms with van der Waals surface area (Å²) in [6.07, 6.45) is 2.50. The van der Waals surface area contributed by atoms with Crippen molar-refractivity contribution >= 4 is 36.1 Å². The van der Waals surface area contributed by atoms with Crippen molar-refractivity contribution in [3.63, 3.8) is 0 Å². The van der Waals surface area contributed by atoms with Gasteiger partial charge in [0.1, 0.15) is 0 Å². The van der Waals surface area contributed by atoms with Crippen LogP contribution in [-0.4, -0.2) is 112 Å². The van der Waals surface area contributed by atoms with Crippen molar-refractivity contribution < 1.29 is 28.8 Å². The summed E-state index contributed by atoms with van der Waals surface area (Å²) in [5.74, 6) is 0.263. The van der Waals surface area contributed by atoms with Gasteiger partial charge in [-0.15, -0.1) is 0 Å². The Kier molecular flexibility index (Phi) is 24.0. The van der Waals surface area contributed by atoms with E-state index in [4.69, 9.17) is 17.2 Å². The lowest BCUT2D eigenvalue weighted by Gasteiger charge is -2.25. The molecule has 0 aliphatic heterocycles. The fourth-order valence-electron chi connectivity index (χ4n) is 5.77. The van der Waals surface area contributed by atoms with Gasteiger partial charge in [-0.1, -0.05) is 58.0 Å². The van der Waals surface area contributed by atoms with Crippen molar-refractivity contribution in [3.8, 4) is 0 Å². The number of carbonyl (C=O) groups is 6. The van der Waals surface area contributed by atoms with E-state index >= 15 is 0 Å². The highest BCUT2D eigenvalue weighted by molar-refractivity contribution is 5.77. The highest BCUT2D eigenvalue weighted by atomic mass is 16.2. The Balaban J connectivity index is 2.64. The van der Waals surface area contributed by atoms with Gasteiger partial charge in [0.05, 0.1) is 6.04 Å². The lowest BCUT2D eigenvalue weighted by atomic mass is 10.0. The summed E-state index contributed by atoms with van der Waals surface area (Å²) in [5, 5.41) is 27.8. The van der Waals surface area contributed by atoms with Crippen LogP contribution >= 0.6 is 0 Å². The van der Waals surface area contributed by atoms with Crippen LogP contribution in [0.5, 0.6) is 0 Å². The lowest BCUT2D eigenvalue weighted by Crippen LogP contribution is -2.55. The van der Waals surface area contributed by atoms with E-state index in [2.05, 4.69) is 53.2 Å². The number of amides is 11. The van der Waals surface area contributed by atoms with E-state index in [9.17, 15) is 28.8 Å². The van der Waals surface area contributed by atoms with Crippen molar-refractivity contribution in [2.24, 2.45) is 29.0 Å². The molecule has 0 aliphatic rings. The molecule has 19 nitrogen and oxygen atoms in total. The van der Waals surface area contributed by atoms with Gasteiger partial charge in [0.25, 0.3) is 0 Å². The Morgan fingerprint density at radius 1 is 0.527 bits per heavy atom. The maximum absolute atomic E-state index is 12.9. The van der Waals surface area contributed by atoms with Crippen LogP contribution in [0.2, 0.25) is 0 Å². The van der Waals surface area contributed by atoms with Crippen molar-refractivity contribution in [1.82, 2.24) is 53.2 Å². The topological polar surface area (TPSA) is 301 Å². The average Bonchev–Trinajstić information content (AvgIpc) is 3.09. The van der Waals surface area contributed by atoms with Gasteiger partial charge in [0.15, 0.2) is 0 Å². The van der Waals surface area contributed by atoms with Crippen molar-refractivity contribution in [2.45, 2.75) is 96.9 Å². The van der Waals surface area contributed by atoms with Crippen LogP contribution in [0.15, 0.2) is 30.3 Å². The van der Waals surface area contributed by atoms with E-state index in [-0.39, 0.29) is 75.6 Å².